The number of amides is 1. The maximum Gasteiger partial charge on any atom is 0.329 e. The number of Topliss-reactive ketones (excluding diaryl/α,β-unsaturated/α-hetero) is 1. The van der Waals surface area contributed by atoms with Crippen molar-refractivity contribution in [3.63, 3.8) is 0 Å². The SMILES string of the molecule is CC.COC1CC(CC(C)C(C)OC(=O)C2CCCCN2C(=O)C(=O)C2(O)OC(N)CCC2C)CCC1OCCO. The Bertz CT molecular complexity index is 843. The molecule has 3 rings (SSSR count). The number of hydrogen-bond donors (Lipinski definition) is 3. The molecule has 1 saturated carbocycles. The predicted molar refractivity (Wildman–Crippen MR) is 152 cm³/mol. The Morgan fingerprint density at radius 2 is 1.78 bits per heavy atom. The number of aliphatic hydroxyl groups is 2. The molecular weight excluding hydrogens is 532 g/mol. The van der Waals surface area contributed by atoms with E-state index in [1.165, 1.54) is 4.90 Å². The summed E-state index contributed by atoms with van der Waals surface area (Å²) in [6.07, 6.45) is 4.86. The molecule has 0 aromatic rings. The zero-order valence-electron chi connectivity index (χ0n) is 25.9. The van der Waals surface area contributed by atoms with Crippen LogP contribution < -0.4 is 5.73 Å². The molecule has 11 heteroatoms. The average Bonchev–Trinajstić information content (AvgIpc) is 2.98. The van der Waals surface area contributed by atoms with Crippen molar-refractivity contribution in [1.29, 1.82) is 0 Å². The molecule has 4 N–H and O–H groups in total. The van der Waals surface area contributed by atoms with Crippen molar-refractivity contribution in [2.45, 2.75) is 129 Å². The third-order valence-corrected chi connectivity index (χ3v) is 8.81. The smallest absolute Gasteiger partial charge is 0.329 e. The molecule has 9 atom stereocenters. The second-order valence-electron chi connectivity index (χ2n) is 11.6. The summed E-state index contributed by atoms with van der Waals surface area (Å²) in [5.41, 5.74) is 5.80. The Morgan fingerprint density at radius 3 is 2.44 bits per heavy atom. The summed E-state index contributed by atoms with van der Waals surface area (Å²) in [4.78, 5) is 40.9. The van der Waals surface area contributed by atoms with Crippen molar-refractivity contribution in [2.24, 2.45) is 23.5 Å². The lowest BCUT2D eigenvalue weighted by molar-refractivity contribution is -0.261. The van der Waals surface area contributed by atoms with Gasteiger partial charge in [-0.25, -0.2) is 4.79 Å². The zero-order chi connectivity index (χ0) is 30.7. The Hall–Kier alpha value is -1.63. The number of ketones is 1. The highest BCUT2D eigenvalue weighted by molar-refractivity contribution is 6.39. The maximum absolute atomic E-state index is 13.3. The van der Waals surface area contributed by atoms with Crippen LogP contribution in [0.25, 0.3) is 0 Å². The summed E-state index contributed by atoms with van der Waals surface area (Å²) >= 11 is 0. The molecule has 1 aliphatic carbocycles. The van der Waals surface area contributed by atoms with Gasteiger partial charge in [-0.1, -0.05) is 27.7 Å². The van der Waals surface area contributed by atoms with Gasteiger partial charge in [-0.2, -0.15) is 0 Å². The molecule has 11 nitrogen and oxygen atoms in total. The number of ether oxygens (including phenoxy) is 4. The first-order valence-electron chi connectivity index (χ1n) is 15.5. The van der Waals surface area contributed by atoms with Crippen LogP contribution in [0.2, 0.25) is 0 Å². The van der Waals surface area contributed by atoms with Gasteiger partial charge in [0.2, 0.25) is 5.79 Å². The first-order chi connectivity index (χ1) is 19.5. The van der Waals surface area contributed by atoms with Crippen LogP contribution in [0.1, 0.15) is 92.4 Å². The Labute approximate surface area is 245 Å². The lowest BCUT2D eigenvalue weighted by atomic mass is 9.79. The molecule has 2 aliphatic heterocycles. The number of likely N-dealkylation sites (tertiary alicyclic amines) is 1. The van der Waals surface area contributed by atoms with E-state index < -0.39 is 41.6 Å². The second-order valence-corrected chi connectivity index (χ2v) is 11.6. The fraction of sp³-hybridized carbons (Fsp3) is 0.900. The van der Waals surface area contributed by atoms with E-state index in [9.17, 15) is 19.5 Å². The molecule has 3 fully saturated rings. The van der Waals surface area contributed by atoms with E-state index in [0.717, 1.165) is 32.1 Å². The minimum Gasteiger partial charge on any atom is -0.461 e. The molecular formula is C30H54N2O9. The van der Waals surface area contributed by atoms with E-state index in [1.54, 1.807) is 14.0 Å². The number of esters is 1. The van der Waals surface area contributed by atoms with Gasteiger partial charge in [0.05, 0.1) is 25.4 Å². The van der Waals surface area contributed by atoms with E-state index in [1.807, 2.05) is 27.7 Å². The summed E-state index contributed by atoms with van der Waals surface area (Å²) in [7, 11) is 1.67. The predicted octanol–water partition coefficient (Wildman–Crippen LogP) is 2.53. The Kier molecular flexibility index (Phi) is 14.6. The van der Waals surface area contributed by atoms with Crippen LogP contribution in [0.5, 0.6) is 0 Å². The third kappa shape index (κ3) is 9.18. The number of rotatable bonds is 11. The molecule has 0 aromatic heterocycles. The molecule has 0 spiro atoms. The van der Waals surface area contributed by atoms with Gasteiger partial charge in [-0.3, -0.25) is 9.59 Å². The number of piperidine rings is 1. The number of nitrogens with two attached hydrogens (primary N) is 1. The van der Waals surface area contributed by atoms with E-state index in [-0.39, 0.29) is 37.4 Å². The molecule has 1 amide bonds. The van der Waals surface area contributed by atoms with E-state index in [2.05, 4.69) is 0 Å². The summed E-state index contributed by atoms with van der Waals surface area (Å²) in [5, 5.41) is 20.0. The van der Waals surface area contributed by atoms with Crippen molar-refractivity contribution >= 4 is 17.7 Å². The van der Waals surface area contributed by atoms with E-state index in [0.29, 0.717) is 38.2 Å². The van der Waals surface area contributed by atoms with Gasteiger partial charge in [0.1, 0.15) is 18.4 Å². The number of carbonyl (C=O) groups excluding carboxylic acids is 3. The van der Waals surface area contributed by atoms with Crippen molar-refractivity contribution in [3.05, 3.63) is 0 Å². The standard InChI is InChI=1S/C28H48N2O9.C2H6/c1-17(15-20-9-10-22(37-14-13-31)23(16-20)36-4)19(3)38-27(34)21-7-5-6-12-30(21)26(33)25(32)28(35)18(2)8-11-24(29)39-28;1-2/h17-24,31,35H,5-16,29H2,1-4H3;1-2H3. The van der Waals surface area contributed by atoms with Gasteiger partial charge in [-0.15, -0.1) is 0 Å². The Balaban J connectivity index is 0.00000287. The lowest BCUT2D eigenvalue weighted by Gasteiger charge is -2.41. The Morgan fingerprint density at radius 1 is 1.07 bits per heavy atom. The highest BCUT2D eigenvalue weighted by Crippen LogP contribution is 2.35. The fourth-order valence-corrected chi connectivity index (χ4v) is 6.13. The van der Waals surface area contributed by atoms with Crippen molar-refractivity contribution in [2.75, 3.05) is 26.9 Å². The van der Waals surface area contributed by atoms with Crippen LogP contribution in [-0.4, -0.2) is 96.0 Å². The summed E-state index contributed by atoms with van der Waals surface area (Å²) in [6.45, 7) is 10.0. The van der Waals surface area contributed by atoms with Crippen molar-refractivity contribution in [3.8, 4) is 0 Å². The minimum absolute atomic E-state index is 0.0175. The molecule has 0 radical (unpaired) electrons. The van der Waals surface area contributed by atoms with Crippen LogP contribution >= 0.6 is 0 Å². The summed E-state index contributed by atoms with van der Waals surface area (Å²) in [5.74, 6) is -5.00. The highest BCUT2D eigenvalue weighted by atomic mass is 16.6. The molecule has 41 heavy (non-hydrogen) atoms. The normalized spacial score (nSPS) is 33.6. The molecule has 0 aromatic carbocycles. The average molecular weight is 587 g/mol. The molecule has 9 unspecified atom stereocenters. The molecule has 238 valence electrons. The topological polar surface area (TPSA) is 158 Å². The van der Waals surface area contributed by atoms with Crippen molar-refractivity contribution in [1.82, 2.24) is 4.90 Å². The molecule has 0 bridgehead atoms. The van der Waals surface area contributed by atoms with Gasteiger partial charge in [0, 0.05) is 19.6 Å². The van der Waals surface area contributed by atoms with Crippen LogP contribution in [0.4, 0.5) is 0 Å². The number of aliphatic hydroxyl groups excluding tert-OH is 1. The van der Waals surface area contributed by atoms with Gasteiger partial charge in [0.25, 0.3) is 11.7 Å². The van der Waals surface area contributed by atoms with Crippen LogP contribution in [-0.2, 0) is 33.3 Å². The van der Waals surface area contributed by atoms with Gasteiger partial charge in [-0.05, 0) is 76.5 Å². The highest BCUT2D eigenvalue weighted by Gasteiger charge is 2.52. The van der Waals surface area contributed by atoms with Gasteiger partial charge in [0.15, 0.2) is 0 Å². The number of methoxy groups -OCH3 is 1. The minimum atomic E-state index is -2.30. The van der Waals surface area contributed by atoms with E-state index >= 15 is 0 Å². The number of nitrogens with zero attached hydrogens (tertiary/aromatic N) is 1. The van der Waals surface area contributed by atoms with Crippen LogP contribution in [0.3, 0.4) is 0 Å². The molecule has 2 saturated heterocycles. The monoisotopic (exact) mass is 586 g/mol. The lowest BCUT2D eigenvalue weighted by Crippen LogP contribution is -2.61. The van der Waals surface area contributed by atoms with Crippen LogP contribution in [0, 0.1) is 17.8 Å². The second kappa shape index (κ2) is 16.9. The number of carbonyl (C=O) groups is 3. The van der Waals surface area contributed by atoms with Crippen molar-refractivity contribution < 1.29 is 43.5 Å². The van der Waals surface area contributed by atoms with Gasteiger partial charge >= 0.3 is 5.97 Å². The quantitative estimate of drug-likeness (QED) is 0.243. The first-order valence-corrected chi connectivity index (χ1v) is 15.5. The first kappa shape index (κ1) is 35.6. The maximum atomic E-state index is 13.3. The van der Waals surface area contributed by atoms with Crippen LogP contribution in [0.15, 0.2) is 0 Å². The summed E-state index contributed by atoms with van der Waals surface area (Å²) in [6, 6.07) is -0.891. The largest absolute Gasteiger partial charge is 0.461 e. The van der Waals surface area contributed by atoms with Gasteiger partial charge < -0.3 is 39.8 Å². The molecule has 3 aliphatic rings. The number of hydrogen-bond acceptors (Lipinski definition) is 10. The third-order valence-electron chi connectivity index (χ3n) is 8.81. The molecule has 2 heterocycles. The zero-order valence-corrected chi connectivity index (χ0v) is 25.9. The fourth-order valence-electron chi connectivity index (χ4n) is 6.13. The summed E-state index contributed by atoms with van der Waals surface area (Å²) < 4.78 is 22.6. The van der Waals surface area contributed by atoms with E-state index in [4.69, 9.17) is 29.8 Å².